The van der Waals surface area contributed by atoms with Crippen molar-refractivity contribution in [1.29, 1.82) is 0 Å². The Hall–Kier alpha value is -1.36. The van der Waals surface area contributed by atoms with Crippen LogP contribution in [0.3, 0.4) is 0 Å². The zero-order valence-electron chi connectivity index (χ0n) is 15.8. The van der Waals surface area contributed by atoms with Gasteiger partial charge in [-0.05, 0) is 59.3 Å². The maximum Gasteiger partial charge on any atom is 0.0717 e. The van der Waals surface area contributed by atoms with Gasteiger partial charge in [-0.1, -0.05) is 48.9 Å². The van der Waals surface area contributed by atoms with Gasteiger partial charge in [0.25, 0.3) is 0 Å². The minimum atomic E-state index is 0.570. The smallest absolute Gasteiger partial charge is 0.0717 e. The first-order valence-electron chi connectivity index (χ1n) is 10.2. The lowest BCUT2D eigenvalue weighted by molar-refractivity contribution is 0.00363. The number of rotatable bonds is 7. The van der Waals surface area contributed by atoms with Crippen LogP contribution >= 0.6 is 15.9 Å². The number of anilines is 1. The average molecular weight is 429 g/mol. The third kappa shape index (κ3) is 4.92. The predicted molar refractivity (Wildman–Crippen MR) is 115 cm³/mol. The molecule has 2 aliphatic heterocycles. The van der Waals surface area contributed by atoms with Crippen molar-refractivity contribution in [1.82, 2.24) is 4.90 Å². The number of fused-ring (bicyclic) bond motifs is 2. The van der Waals surface area contributed by atoms with E-state index in [2.05, 4.69) is 80.7 Å². The van der Waals surface area contributed by atoms with Crippen LogP contribution in [0.4, 0.5) is 5.69 Å². The summed E-state index contributed by atoms with van der Waals surface area (Å²) in [5.41, 5.74) is 2.48. The van der Waals surface area contributed by atoms with Gasteiger partial charge in [-0.25, -0.2) is 0 Å². The van der Waals surface area contributed by atoms with Crippen LogP contribution in [0.25, 0.3) is 0 Å². The normalized spacial score (nSPS) is 25.3. The van der Waals surface area contributed by atoms with E-state index < -0.39 is 0 Å². The summed E-state index contributed by atoms with van der Waals surface area (Å²) in [5, 5.41) is 3.78. The number of halogens is 1. The fraction of sp³-hybridized carbons (Fsp3) is 0.478. The summed E-state index contributed by atoms with van der Waals surface area (Å²) in [6.07, 6.45) is 6.48. The monoisotopic (exact) mass is 428 g/mol. The van der Waals surface area contributed by atoms with Gasteiger partial charge in [0.05, 0.1) is 13.2 Å². The van der Waals surface area contributed by atoms with E-state index in [1.165, 1.54) is 43.4 Å². The molecule has 2 unspecified atom stereocenters. The predicted octanol–water partition coefficient (Wildman–Crippen LogP) is 5.46. The Kier molecular flexibility index (Phi) is 6.48. The molecule has 2 aliphatic rings. The molecule has 2 aromatic rings. The molecule has 3 nitrogen and oxygen atoms in total. The van der Waals surface area contributed by atoms with Gasteiger partial charge >= 0.3 is 0 Å². The number of hydrogen-bond donors (Lipinski definition) is 1. The van der Waals surface area contributed by atoms with E-state index in [0.717, 1.165) is 24.2 Å². The van der Waals surface area contributed by atoms with E-state index in [1.807, 2.05) is 0 Å². The van der Waals surface area contributed by atoms with Crippen LogP contribution in [0.5, 0.6) is 0 Å². The number of para-hydroxylation sites is 1. The topological polar surface area (TPSA) is 24.5 Å². The largest absolute Gasteiger partial charge is 0.381 e. The zero-order chi connectivity index (χ0) is 18.5. The molecule has 0 saturated carbocycles. The second kappa shape index (κ2) is 9.22. The van der Waals surface area contributed by atoms with Gasteiger partial charge in [0.15, 0.2) is 0 Å². The van der Waals surface area contributed by atoms with Gasteiger partial charge in [-0.3, -0.25) is 4.90 Å². The van der Waals surface area contributed by atoms with Gasteiger partial charge in [0, 0.05) is 34.8 Å². The van der Waals surface area contributed by atoms with Gasteiger partial charge in [-0.2, -0.15) is 0 Å². The maximum atomic E-state index is 5.96. The third-order valence-corrected chi connectivity index (χ3v) is 6.66. The lowest BCUT2D eigenvalue weighted by atomic mass is 9.81. The van der Waals surface area contributed by atoms with Crippen molar-refractivity contribution in [3.05, 3.63) is 64.6 Å². The number of nitrogens with zero attached hydrogens (tertiary/aromatic N) is 1. The van der Waals surface area contributed by atoms with E-state index in [9.17, 15) is 0 Å². The molecule has 0 spiro atoms. The molecule has 2 bridgehead atoms. The van der Waals surface area contributed by atoms with Crippen LogP contribution in [0.15, 0.2) is 59.1 Å². The molecular weight excluding hydrogens is 400 g/mol. The molecule has 0 radical (unpaired) electrons. The second-order valence-corrected chi connectivity index (χ2v) is 8.66. The van der Waals surface area contributed by atoms with Crippen LogP contribution in [0.1, 0.15) is 37.7 Å². The standard InChI is InChI=1S/C23H29BrN2O/c24-22-11-4-5-12-23(22)25-19-15-20-9-6-10-21(16-19)26(20)13-14-27-17-18-7-2-1-3-8-18/h1-5,7-8,11-12,19-21,25H,6,9-10,13-17H2. The highest BCUT2D eigenvalue weighted by molar-refractivity contribution is 9.10. The van der Waals surface area contributed by atoms with Crippen LogP contribution in [-0.2, 0) is 11.3 Å². The number of benzene rings is 2. The summed E-state index contributed by atoms with van der Waals surface area (Å²) < 4.78 is 7.12. The van der Waals surface area contributed by atoms with E-state index >= 15 is 0 Å². The summed E-state index contributed by atoms with van der Waals surface area (Å²) in [6, 6.07) is 20.9. The van der Waals surface area contributed by atoms with Crippen molar-refractivity contribution in [3.8, 4) is 0 Å². The molecule has 2 aromatic carbocycles. The Morgan fingerprint density at radius 1 is 0.963 bits per heavy atom. The first-order chi connectivity index (χ1) is 13.3. The highest BCUT2D eigenvalue weighted by Crippen LogP contribution is 2.35. The van der Waals surface area contributed by atoms with E-state index in [0.29, 0.717) is 18.1 Å². The molecule has 0 amide bonds. The minimum absolute atomic E-state index is 0.570. The van der Waals surface area contributed by atoms with Crippen LogP contribution in [0.2, 0.25) is 0 Å². The molecule has 2 atom stereocenters. The Balaban J connectivity index is 1.29. The van der Waals surface area contributed by atoms with E-state index in [1.54, 1.807) is 0 Å². The number of nitrogens with one attached hydrogen (secondary N) is 1. The maximum absolute atomic E-state index is 5.96. The van der Waals surface area contributed by atoms with Gasteiger partial charge in [0.2, 0.25) is 0 Å². The van der Waals surface area contributed by atoms with Crippen molar-refractivity contribution < 1.29 is 4.74 Å². The van der Waals surface area contributed by atoms with Crippen LogP contribution < -0.4 is 5.32 Å². The van der Waals surface area contributed by atoms with Crippen molar-refractivity contribution >= 4 is 21.6 Å². The quantitative estimate of drug-likeness (QED) is 0.592. The lowest BCUT2D eigenvalue weighted by Gasteiger charge is -2.49. The van der Waals surface area contributed by atoms with Gasteiger partial charge in [0.1, 0.15) is 0 Å². The lowest BCUT2D eigenvalue weighted by Crippen LogP contribution is -2.55. The zero-order valence-corrected chi connectivity index (χ0v) is 17.4. The number of ether oxygens (including phenoxy) is 1. The summed E-state index contributed by atoms with van der Waals surface area (Å²) in [4.78, 5) is 2.73. The molecule has 27 heavy (non-hydrogen) atoms. The Morgan fingerprint density at radius 2 is 1.67 bits per heavy atom. The van der Waals surface area contributed by atoms with E-state index in [4.69, 9.17) is 4.74 Å². The fourth-order valence-corrected chi connectivity index (χ4v) is 5.09. The Morgan fingerprint density at radius 3 is 2.41 bits per heavy atom. The van der Waals surface area contributed by atoms with Crippen LogP contribution in [0, 0.1) is 0 Å². The minimum Gasteiger partial charge on any atom is -0.381 e. The van der Waals surface area contributed by atoms with Crippen LogP contribution in [-0.4, -0.2) is 36.2 Å². The molecular formula is C23H29BrN2O. The van der Waals surface area contributed by atoms with Crippen molar-refractivity contribution in [2.75, 3.05) is 18.5 Å². The summed E-state index contributed by atoms with van der Waals surface area (Å²) in [5.74, 6) is 0. The molecule has 4 rings (SSSR count). The number of piperidine rings is 2. The summed E-state index contributed by atoms with van der Waals surface area (Å²) in [7, 11) is 0. The van der Waals surface area contributed by atoms with Crippen molar-refractivity contribution in [2.24, 2.45) is 0 Å². The molecule has 144 valence electrons. The summed E-state index contributed by atoms with van der Waals surface area (Å²) >= 11 is 3.67. The molecule has 2 saturated heterocycles. The molecule has 1 N–H and O–H groups in total. The van der Waals surface area contributed by atoms with Crippen molar-refractivity contribution in [2.45, 2.75) is 56.8 Å². The fourth-order valence-electron chi connectivity index (χ4n) is 4.69. The third-order valence-electron chi connectivity index (χ3n) is 5.96. The average Bonchev–Trinajstić information content (AvgIpc) is 2.68. The molecule has 4 heteroatoms. The Bertz CT molecular complexity index is 709. The SMILES string of the molecule is Brc1ccccc1NC1CC2CCCC(C1)N2CCOCc1ccccc1. The first kappa shape index (κ1) is 19.0. The van der Waals surface area contributed by atoms with E-state index in [-0.39, 0.29) is 0 Å². The highest BCUT2D eigenvalue weighted by Gasteiger charge is 2.37. The molecule has 2 fully saturated rings. The molecule has 0 aliphatic carbocycles. The Labute approximate surface area is 171 Å². The van der Waals surface area contributed by atoms with Crippen molar-refractivity contribution in [3.63, 3.8) is 0 Å². The second-order valence-electron chi connectivity index (χ2n) is 7.81. The molecule has 0 aromatic heterocycles. The first-order valence-corrected chi connectivity index (χ1v) is 11.0. The van der Waals surface area contributed by atoms with Gasteiger partial charge < -0.3 is 10.1 Å². The summed E-state index contributed by atoms with van der Waals surface area (Å²) in [6.45, 7) is 2.60. The number of hydrogen-bond acceptors (Lipinski definition) is 3. The highest BCUT2D eigenvalue weighted by atomic mass is 79.9. The van der Waals surface area contributed by atoms with Gasteiger partial charge in [-0.15, -0.1) is 0 Å². The molecule has 2 heterocycles.